The van der Waals surface area contributed by atoms with E-state index in [2.05, 4.69) is 92.7 Å². The predicted molar refractivity (Wildman–Crippen MR) is 177 cm³/mol. The molecule has 0 spiro atoms. The van der Waals surface area contributed by atoms with E-state index >= 15 is 0 Å². The van der Waals surface area contributed by atoms with Crippen LogP contribution in [-0.2, 0) is 5.41 Å². The summed E-state index contributed by atoms with van der Waals surface area (Å²) in [7, 11) is 0. The van der Waals surface area contributed by atoms with Gasteiger partial charge in [0.2, 0.25) is 0 Å². The first-order valence-electron chi connectivity index (χ1n) is 14.7. The van der Waals surface area contributed by atoms with Crippen molar-refractivity contribution >= 4 is 10.8 Å². The lowest BCUT2D eigenvalue weighted by Gasteiger charge is -2.23. The predicted octanol–water partition coefficient (Wildman–Crippen LogP) is 10.00. The van der Waals surface area contributed by atoms with Crippen molar-refractivity contribution in [3.63, 3.8) is 0 Å². The van der Waals surface area contributed by atoms with Crippen molar-refractivity contribution in [2.45, 2.75) is 19.3 Å². The molecule has 0 bridgehead atoms. The lowest BCUT2D eigenvalue weighted by molar-refractivity contribution is 0.666. The molecule has 0 radical (unpaired) electrons. The van der Waals surface area contributed by atoms with Crippen molar-refractivity contribution in [2.24, 2.45) is 0 Å². The van der Waals surface area contributed by atoms with Gasteiger partial charge in [-0.1, -0.05) is 141 Å². The first-order valence-corrected chi connectivity index (χ1v) is 14.7. The lowest BCUT2D eigenvalue weighted by atomic mass is 9.80. The normalized spacial score (nSPS) is 13.1. The van der Waals surface area contributed by atoms with Crippen molar-refractivity contribution in [2.75, 3.05) is 0 Å². The number of hydrogen-bond acceptors (Lipinski definition) is 3. The molecule has 3 heteroatoms. The van der Waals surface area contributed by atoms with Crippen LogP contribution in [-0.4, -0.2) is 15.0 Å². The van der Waals surface area contributed by atoms with Crippen molar-refractivity contribution in [1.82, 2.24) is 15.0 Å². The topological polar surface area (TPSA) is 38.7 Å². The summed E-state index contributed by atoms with van der Waals surface area (Å²) >= 11 is 0. The first-order chi connectivity index (χ1) is 21.1. The summed E-state index contributed by atoms with van der Waals surface area (Å²) in [6.07, 6.45) is 0. The van der Waals surface area contributed by atoms with E-state index < -0.39 is 0 Å². The van der Waals surface area contributed by atoms with Gasteiger partial charge in [0.15, 0.2) is 17.5 Å². The molecule has 0 aliphatic heterocycles. The van der Waals surface area contributed by atoms with Gasteiger partial charge in [0, 0.05) is 22.1 Å². The zero-order chi connectivity index (χ0) is 29.0. The lowest BCUT2D eigenvalue weighted by Crippen LogP contribution is -2.15. The van der Waals surface area contributed by atoms with Gasteiger partial charge < -0.3 is 0 Å². The third-order valence-corrected chi connectivity index (χ3v) is 8.69. The number of hydrogen-bond donors (Lipinski definition) is 0. The maximum Gasteiger partial charge on any atom is 0.164 e. The molecule has 0 N–H and O–H groups in total. The largest absolute Gasteiger partial charge is 0.208 e. The van der Waals surface area contributed by atoms with Gasteiger partial charge in [-0.05, 0) is 56.3 Å². The molecule has 0 fully saturated rings. The van der Waals surface area contributed by atoms with Gasteiger partial charge in [-0.15, -0.1) is 0 Å². The van der Waals surface area contributed by atoms with Crippen molar-refractivity contribution in [1.29, 1.82) is 0 Å². The Morgan fingerprint density at radius 3 is 1.67 bits per heavy atom. The summed E-state index contributed by atoms with van der Waals surface area (Å²) in [5, 5.41) is 2.57. The van der Waals surface area contributed by atoms with Crippen LogP contribution in [0.2, 0.25) is 0 Å². The second kappa shape index (κ2) is 9.85. The van der Waals surface area contributed by atoms with Crippen LogP contribution in [0.1, 0.15) is 25.0 Å². The van der Waals surface area contributed by atoms with Gasteiger partial charge in [0.05, 0.1) is 0 Å². The van der Waals surface area contributed by atoms with Gasteiger partial charge in [-0.2, -0.15) is 0 Å². The third kappa shape index (κ3) is 4.24. The first kappa shape index (κ1) is 25.3. The minimum Gasteiger partial charge on any atom is -0.208 e. The fraction of sp³-hybridized carbons (Fsp3) is 0.0750. The zero-order valence-corrected chi connectivity index (χ0v) is 24.1. The summed E-state index contributed by atoms with van der Waals surface area (Å²) in [5.41, 5.74) is 10.7. The van der Waals surface area contributed by atoms with Crippen LogP contribution in [0.5, 0.6) is 0 Å². The van der Waals surface area contributed by atoms with Gasteiger partial charge in [-0.3, -0.25) is 0 Å². The van der Waals surface area contributed by atoms with E-state index in [0.717, 1.165) is 22.3 Å². The van der Waals surface area contributed by atoms with Crippen LogP contribution >= 0.6 is 0 Å². The van der Waals surface area contributed by atoms with E-state index in [1.165, 1.54) is 38.6 Å². The van der Waals surface area contributed by atoms with Crippen LogP contribution in [0.4, 0.5) is 0 Å². The fourth-order valence-corrected chi connectivity index (χ4v) is 6.58. The minimum absolute atomic E-state index is 0.0432. The molecule has 3 nitrogen and oxygen atoms in total. The molecule has 0 saturated heterocycles. The summed E-state index contributed by atoms with van der Waals surface area (Å²) in [6, 6.07) is 49.0. The Bertz CT molecular complexity index is 2090. The summed E-state index contributed by atoms with van der Waals surface area (Å²) < 4.78 is 0. The monoisotopic (exact) mass is 551 g/mol. The highest BCUT2D eigenvalue weighted by Gasteiger charge is 2.36. The van der Waals surface area contributed by atoms with E-state index in [0.29, 0.717) is 17.5 Å². The maximum absolute atomic E-state index is 4.94. The van der Waals surface area contributed by atoms with Crippen molar-refractivity contribution in [3.05, 3.63) is 151 Å². The number of benzene rings is 6. The summed E-state index contributed by atoms with van der Waals surface area (Å²) in [6.45, 7) is 4.69. The van der Waals surface area contributed by atoms with E-state index in [-0.39, 0.29) is 5.41 Å². The zero-order valence-electron chi connectivity index (χ0n) is 24.1. The highest BCUT2D eigenvalue weighted by atomic mass is 15.0. The molecule has 43 heavy (non-hydrogen) atoms. The number of aromatic nitrogens is 3. The highest BCUT2D eigenvalue weighted by molar-refractivity contribution is 5.99. The smallest absolute Gasteiger partial charge is 0.164 e. The van der Waals surface area contributed by atoms with Crippen LogP contribution in [0.25, 0.3) is 67.2 Å². The number of fused-ring (bicyclic) bond motifs is 5. The Hall–Kier alpha value is -5.41. The summed E-state index contributed by atoms with van der Waals surface area (Å²) in [5.74, 6) is 1.99. The Labute approximate surface area is 251 Å². The molecule has 7 aromatic rings. The van der Waals surface area contributed by atoms with Crippen LogP contribution in [0.15, 0.2) is 140 Å². The Morgan fingerprint density at radius 2 is 0.977 bits per heavy atom. The molecule has 1 aliphatic rings. The van der Waals surface area contributed by atoms with Crippen molar-refractivity contribution < 1.29 is 0 Å². The Kier molecular flexibility index (Phi) is 5.80. The fourth-order valence-electron chi connectivity index (χ4n) is 6.58. The SMILES string of the molecule is CC1(C)c2ccccc2-c2ccc3cc(-c4cccc(-c5nc(-c6ccccc6)nc(-c6ccccc6)n5)c4)ccc3c21. The number of nitrogens with zero attached hydrogens (tertiary/aromatic N) is 3. The standard InChI is InChI=1S/C40H29N3/c1-40(2)35-19-10-9-18-33(35)34-23-21-30-24-29(20-22-32(30)36(34)40)28-16-11-17-31(25-28)39-42-37(26-12-5-3-6-13-26)41-38(43-39)27-14-7-4-8-15-27/h3-25H,1-2H3. The molecular formula is C40H29N3. The molecule has 0 saturated carbocycles. The third-order valence-electron chi connectivity index (χ3n) is 8.69. The van der Waals surface area contributed by atoms with E-state index in [9.17, 15) is 0 Å². The second-order valence-electron chi connectivity index (χ2n) is 11.7. The van der Waals surface area contributed by atoms with Crippen LogP contribution in [0, 0.1) is 0 Å². The molecule has 0 unspecified atom stereocenters. The van der Waals surface area contributed by atoms with Crippen molar-refractivity contribution in [3.8, 4) is 56.4 Å². The molecule has 1 aromatic heterocycles. The summed E-state index contributed by atoms with van der Waals surface area (Å²) in [4.78, 5) is 14.7. The van der Waals surface area contributed by atoms with Gasteiger partial charge in [0.1, 0.15) is 0 Å². The van der Waals surface area contributed by atoms with E-state index in [4.69, 9.17) is 15.0 Å². The van der Waals surface area contributed by atoms with Crippen LogP contribution < -0.4 is 0 Å². The quantitative estimate of drug-likeness (QED) is 0.218. The van der Waals surface area contributed by atoms with Crippen LogP contribution in [0.3, 0.4) is 0 Å². The molecule has 8 rings (SSSR count). The molecular weight excluding hydrogens is 522 g/mol. The molecule has 1 aliphatic carbocycles. The molecule has 204 valence electrons. The van der Waals surface area contributed by atoms with E-state index in [1.807, 2.05) is 60.7 Å². The highest BCUT2D eigenvalue weighted by Crippen LogP contribution is 2.51. The minimum atomic E-state index is -0.0432. The Balaban J connectivity index is 1.23. The van der Waals surface area contributed by atoms with E-state index in [1.54, 1.807) is 0 Å². The van der Waals surface area contributed by atoms with Gasteiger partial charge in [-0.25, -0.2) is 15.0 Å². The maximum atomic E-state index is 4.94. The van der Waals surface area contributed by atoms with Gasteiger partial charge in [0.25, 0.3) is 0 Å². The molecule has 1 heterocycles. The average Bonchev–Trinajstić information content (AvgIpc) is 3.31. The molecule has 0 amide bonds. The average molecular weight is 552 g/mol. The second-order valence-corrected chi connectivity index (χ2v) is 11.7. The Morgan fingerprint density at radius 1 is 0.419 bits per heavy atom. The molecule has 0 atom stereocenters. The number of rotatable bonds is 4. The van der Waals surface area contributed by atoms with Gasteiger partial charge >= 0.3 is 0 Å². The molecule has 6 aromatic carbocycles.